The number of hydrogen-bond acceptors (Lipinski definition) is 6. The van der Waals surface area contributed by atoms with Crippen LogP contribution in [0.15, 0.2) is 54.6 Å². The lowest BCUT2D eigenvalue weighted by atomic mass is 10.2. The second kappa shape index (κ2) is 7.45. The van der Waals surface area contributed by atoms with Gasteiger partial charge < -0.3 is 9.29 Å². The van der Waals surface area contributed by atoms with Gasteiger partial charge in [0.2, 0.25) is 5.75 Å². The Labute approximate surface area is 142 Å². The summed E-state index contributed by atoms with van der Waals surface area (Å²) < 4.78 is 31.0. The maximum absolute atomic E-state index is 12.1. The van der Waals surface area contributed by atoms with Crippen LogP contribution in [0.2, 0.25) is 0 Å². The highest BCUT2D eigenvalue weighted by Crippen LogP contribution is 2.27. The topological polar surface area (TPSA) is 136 Å². The van der Waals surface area contributed by atoms with Gasteiger partial charge in [-0.3, -0.25) is 14.8 Å². The summed E-state index contributed by atoms with van der Waals surface area (Å²) >= 11 is 0. The van der Waals surface area contributed by atoms with E-state index in [4.69, 9.17) is 9.29 Å². The Kier molecular flexibility index (Phi) is 5.35. The normalized spacial score (nSPS) is 11.2. The van der Waals surface area contributed by atoms with E-state index in [-0.39, 0.29) is 5.69 Å². The number of nitrogens with zero attached hydrogens (tertiary/aromatic N) is 1. The zero-order valence-corrected chi connectivity index (χ0v) is 13.3. The van der Waals surface area contributed by atoms with Crippen molar-refractivity contribution in [2.24, 2.45) is 0 Å². The van der Waals surface area contributed by atoms with Crippen molar-refractivity contribution in [3.05, 3.63) is 70.3 Å². The fraction of sp³-hybridized carbons (Fsp3) is 0. The van der Waals surface area contributed by atoms with Gasteiger partial charge in [-0.15, -0.1) is 0 Å². The molecule has 0 aliphatic heterocycles. The van der Waals surface area contributed by atoms with E-state index >= 15 is 0 Å². The van der Waals surface area contributed by atoms with Crippen LogP contribution < -0.4 is 8.91 Å². The van der Waals surface area contributed by atoms with E-state index < -0.39 is 32.6 Å². The summed E-state index contributed by atoms with van der Waals surface area (Å²) in [4.78, 5) is 20.6. The minimum Gasteiger partial charge on any atom is -0.478 e. The molecule has 2 N–H and O–H groups in total. The Morgan fingerprint density at radius 2 is 1.92 bits per heavy atom. The molecule has 0 saturated carbocycles. The number of rotatable bonds is 7. The molecule has 0 unspecified atom stereocenters. The first-order valence-corrected chi connectivity index (χ1v) is 8.14. The first-order valence-electron chi connectivity index (χ1n) is 6.73. The Morgan fingerprint density at radius 1 is 1.20 bits per heavy atom. The Balaban J connectivity index is 2.21. The second-order valence-electron chi connectivity index (χ2n) is 4.66. The summed E-state index contributed by atoms with van der Waals surface area (Å²) in [5, 5.41) is 19.5. The molecular formula is C15H12N2O7S. The van der Waals surface area contributed by atoms with Crippen LogP contribution in [0, 0.1) is 10.1 Å². The van der Waals surface area contributed by atoms with Crippen molar-refractivity contribution in [2.45, 2.75) is 0 Å². The summed E-state index contributed by atoms with van der Waals surface area (Å²) in [5.74, 6) is -1.58. The number of benzene rings is 2. The molecule has 2 rings (SSSR count). The van der Waals surface area contributed by atoms with Gasteiger partial charge in [-0.1, -0.05) is 24.3 Å². The molecule has 0 aromatic heterocycles. The van der Waals surface area contributed by atoms with E-state index in [0.29, 0.717) is 5.56 Å². The Hall–Kier alpha value is -3.40. The number of anilines is 1. The van der Waals surface area contributed by atoms with Gasteiger partial charge in [-0.25, -0.2) is 4.79 Å². The van der Waals surface area contributed by atoms with Gasteiger partial charge in [0.15, 0.2) is 0 Å². The van der Waals surface area contributed by atoms with Crippen LogP contribution >= 0.6 is 0 Å². The first-order chi connectivity index (χ1) is 11.8. The number of nitro groups is 1. The molecule has 0 aliphatic carbocycles. The minimum absolute atomic E-state index is 0.103. The highest BCUT2D eigenvalue weighted by molar-refractivity contribution is 7.88. The molecule has 0 aliphatic rings. The largest absolute Gasteiger partial charge is 0.478 e. The average molecular weight is 364 g/mol. The van der Waals surface area contributed by atoms with Gasteiger partial charge in [0.25, 0.3) is 0 Å². The smallest absolute Gasteiger partial charge is 0.407 e. The average Bonchev–Trinajstić information content (AvgIpc) is 2.52. The molecule has 0 amide bonds. The van der Waals surface area contributed by atoms with Crippen molar-refractivity contribution in [2.75, 3.05) is 4.72 Å². The Bertz CT molecular complexity index is 938. The predicted octanol–water partition coefficient (Wildman–Crippen LogP) is 2.43. The molecule has 2 aromatic carbocycles. The van der Waals surface area contributed by atoms with Gasteiger partial charge >= 0.3 is 22.0 Å². The van der Waals surface area contributed by atoms with Crippen molar-refractivity contribution >= 4 is 33.7 Å². The monoisotopic (exact) mass is 364 g/mol. The highest BCUT2D eigenvalue weighted by Gasteiger charge is 2.20. The molecule has 10 heteroatoms. The zero-order valence-electron chi connectivity index (χ0n) is 12.5. The van der Waals surface area contributed by atoms with Gasteiger partial charge in [0.05, 0.1) is 10.6 Å². The summed E-state index contributed by atoms with van der Waals surface area (Å²) in [6.45, 7) is 0. The van der Waals surface area contributed by atoms with Crippen molar-refractivity contribution in [3.63, 3.8) is 0 Å². The molecule has 130 valence electrons. The minimum atomic E-state index is -4.39. The highest BCUT2D eigenvalue weighted by atomic mass is 32.2. The Morgan fingerprint density at radius 3 is 2.60 bits per heavy atom. The van der Waals surface area contributed by atoms with Crippen LogP contribution in [0.3, 0.4) is 0 Å². The number of hydrogen-bond donors (Lipinski definition) is 2. The van der Waals surface area contributed by atoms with E-state index in [1.165, 1.54) is 36.4 Å². The van der Waals surface area contributed by atoms with Crippen molar-refractivity contribution < 1.29 is 27.4 Å². The second-order valence-corrected chi connectivity index (χ2v) is 5.94. The molecule has 0 heterocycles. The maximum atomic E-state index is 12.1. The van der Waals surface area contributed by atoms with Crippen molar-refractivity contribution in [1.82, 2.24) is 0 Å². The third kappa shape index (κ3) is 5.32. The van der Waals surface area contributed by atoms with Crippen LogP contribution in [0.4, 0.5) is 11.4 Å². The van der Waals surface area contributed by atoms with E-state index in [1.54, 1.807) is 6.07 Å². The number of nitrogens with one attached hydrogen (secondary N) is 1. The van der Waals surface area contributed by atoms with Gasteiger partial charge in [0, 0.05) is 12.1 Å². The summed E-state index contributed by atoms with van der Waals surface area (Å²) in [6.07, 6.45) is 2.18. The van der Waals surface area contributed by atoms with Crippen LogP contribution in [0.1, 0.15) is 5.56 Å². The number of carboxylic acid groups (broad SMARTS) is 1. The van der Waals surface area contributed by atoms with Crippen molar-refractivity contribution in [3.8, 4) is 5.75 Å². The van der Waals surface area contributed by atoms with E-state index in [9.17, 15) is 23.3 Å². The zero-order chi connectivity index (χ0) is 18.4. The van der Waals surface area contributed by atoms with Crippen LogP contribution in [0.5, 0.6) is 5.75 Å². The molecule has 0 atom stereocenters. The van der Waals surface area contributed by atoms with Crippen LogP contribution in [-0.4, -0.2) is 24.4 Å². The molecule has 0 saturated heterocycles. The van der Waals surface area contributed by atoms with Gasteiger partial charge in [0.1, 0.15) is 0 Å². The van der Waals surface area contributed by atoms with E-state index in [1.807, 2.05) is 0 Å². The number of para-hydroxylation sites is 2. The molecule has 2 aromatic rings. The standard InChI is InChI=1S/C15H12N2O7S/c18-15(19)9-8-11-4-3-5-12(10-11)16-25(22,23)24-14-7-2-1-6-13(14)17(20)21/h1-10,16H,(H,18,19). The third-order valence-electron chi connectivity index (χ3n) is 2.81. The quantitative estimate of drug-likeness (QED) is 0.437. The summed E-state index contributed by atoms with van der Waals surface area (Å²) in [7, 11) is -4.39. The first kappa shape index (κ1) is 17.9. The van der Waals surface area contributed by atoms with Gasteiger partial charge in [-0.2, -0.15) is 8.42 Å². The molecule has 0 spiro atoms. The fourth-order valence-corrected chi connectivity index (χ4v) is 2.67. The summed E-state index contributed by atoms with van der Waals surface area (Å²) in [5.41, 5.74) is 0.0467. The predicted molar refractivity (Wildman–Crippen MR) is 89.4 cm³/mol. The van der Waals surface area contributed by atoms with Crippen molar-refractivity contribution in [1.29, 1.82) is 0 Å². The van der Waals surface area contributed by atoms with Crippen LogP contribution in [0.25, 0.3) is 6.08 Å². The van der Waals surface area contributed by atoms with Crippen LogP contribution in [-0.2, 0) is 15.1 Å². The molecule has 0 bridgehead atoms. The lowest BCUT2D eigenvalue weighted by Gasteiger charge is -2.09. The lowest BCUT2D eigenvalue weighted by molar-refractivity contribution is -0.385. The van der Waals surface area contributed by atoms with E-state index in [0.717, 1.165) is 18.2 Å². The number of aliphatic carboxylic acids is 1. The lowest BCUT2D eigenvalue weighted by Crippen LogP contribution is -2.19. The molecular weight excluding hydrogens is 352 g/mol. The number of nitro benzene ring substituents is 1. The molecule has 0 fully saturated rings. The SMILES string of the molecule is O=C(O)C=Cc1cccc(NS(=O)(=O)Oc2ccccc2[N+](=O)[O-])c1. The molecule has 25 heavy (non-hydrogen) atoms. The maximum Gasteiger partial charge on any atom is 0.407 e. The molecule has 0 radical (unpaired) electrons. The van der Waals surface area contributed by atoms with Gasteiger partial charge in [-0.05, 0) is 29.8 Å². The summed E-state index contributed by atoms with van der Waals surface area (Å²) in [6, 6.07) is 10.9. The number of carboxylic acids is 1. The third-order valence-corrected chi connectivity index (χ3v) is 3.69. The fourth-order valence-electron chi connectivity index (χ4n) is 1.84. The number of carbonyl (C=O) groups is 1. The molecule has 9 nitrogen and oxygen atoms in total. The van der Waals surface area contributed by atoms with E-state index in [2.05, 4.69) is 4.72 Å².